The zero-order chi connectivity index (χ0) is 22.3. The van der Waals surface area contributed by atoms with E-state index in [0.29, 0.717) is 45.6 Å². The first-order valence-electron chi connectivity index (χ1n) is 11.1. The summed E-state index contributed by atoms with van der Waals surface area (Å²) in [5.74, 6) is -1.01. The molecule has 0 spiro atoms. The lowest BCUT2D eigenvalue weighted by Crippen LogP contribution is -2.45. The van der Waals surface area contributed by atoms with Crippen molar-refractivity contribution < 1.29 is 29.0 Å². The molecule has 4 rings (SSSR count). The van der Waals surface area contributed by atoms with E-state index in [2.05, 4.69) is 10.6 Å². The fourth-order valence-electron chi connectivity index (χ4n) is 4.10. The Bertz CT molecular complexity index is 803. The molecule has 2 N–H and O–H groups in total. The Morgan fingerprint density at radius 2 is 1.88 bits per heavy atom. The second-order valence-corrected chi connectivity index (χ2v) is 8.22. The van der Waals surface area contributed by atoms with Crippen LogP contribution >= 0.6 is 0 Å². The van der Waals surface area contributed by atoms with Gasteiger partial charge in [0.25, 0.3) is 5.91 Å². The average Bonchev–Trinajstić information content (AvgIpc) is 3.33. The van der Waals surface area contributed by atoms with Crippen molar-refractivity contribution in [2.75, 3.05) is 46.0 Å². The second-order valence-electron chi connectivity index (χ2n) is 8.22. The number of morpholine rings is 1. The number of carbonyl (C=O) groups is 2. The van der Waals surface area contributed by atoms with Crippen molar-refractivity contribution >= 4 is 18.1 Å². The van der Waals surface area contributed by atoms with E-state index >= 15 is 0 Å². The smallest absolute Gasteiger partial charge is 0.329 e. The van der Waals surface area contributed by atoms with Gasteiger partial charge in [0.2, 0.25) is 0 Å². The van der Waals surface area contributed by atoms with Gasteiger partial charge in [-0.15, -0.1) is 0 Å². The maximum absolute atomic E-state index is 12.8. The summed E-state index contributed by atoms with van der Waals surface area (Å²) in [5, 5.41) is 15.2. The van der Waals surface area contributed by atoms with Crippen LogP contribution in [0.5, 0.6) is 0 Å². The first kappa shape index (κ1) is 22.7. The molecule has 10 heteroatoms. The number of nitrogens with zero attached hydrogens (tertiary/aromatic N) is 3. The van der Waals surface area contributed by atoms with Gasteiger partial charge in [-0.25, -0.2) is 4.79 Å². The predicted octanol–water partition coefficient (Wildman–Crippen LogP) is 0.780. The first-order valence-corrected chi connectivity index (χ1v) is 11.1. The Kier molecular flexibility index (Phi) is 7.69. The van der Waals surface area contributed by atoms with Gasteiger partial charge in [0.05, 0.1) is 44.7 Å². The number of hydrogen-bond acceptors (Lipinski definition) is 8. The number of rotatable bonds is 7. The molecule has 0 aliphatic carbocycles. The highest BCUT2D eigenvalue weighted by atomic mass is 16.7. The molecule has 0 radical (unpaired) electrons. The van der Waals surface area contributed by atoms with Crippen molar-refractivity contribution in [1.29, 1.82) is 0 Å². The third-order valence-electron chi connectivity index (χ3n) is 5.97. The maximum atomic E-state index is 12.8. The van der Waals surface area contributed by atoms with Gasteiger partial charge < -0.3 is 19.5 Å². The van der Waals surface area contributed by atoms with E-state index in [9.17, 15) is 9.59 Å². The summed E-state index contributed by atoms with van der Waals surface area (Å²) in [6.07, 6.45) is 3.04. The topological polar surface area (TPSA) is 113 Å². The van der Waals surface area contributed by atoms with Crippen LogP contribution in [0.1, 0.15) is 36.4 Å². The van der Waals surface area contributed by atoms with Crippen LogP contribution in [0.2, 0.25) is 0 Å². The van der Waals surface area contributed by atoms with Gasteiger partial charge >= 0.3 is 5.97 Å². The molecule has 2 unspecified atom stereocenters. The number of ether oxygens (including phenoxy) is 2. The Labute approximate surface area is 187 Å². The molecule has 3 aliphatic rings. The quantitative estimate of drug-likeness (QED) is 0.591. The van der Waals surface area contributed by atoms with Gasteiger partial charge in [0.1, 0.15) is 6.61 Å². The minimum atomic E-state index is -0.975. The number of carboxylic acid groups (broad SMARTS) is 1. The molecule has 3 heterocycles. The predicted molar refractivity (Wildman–Crippen MR) is 115 cm³/mol. The Morgan fingerprint density at radius 3 is 2.56 bits per heavy atom. The highest BCUT2D eigenvalue weighted by Gasteiger charge is 2.36. The molecule has 1 aromatic carbocycles. The van der Waals surface area contributed by atoms with E-state index in [4.69, 9.17) is 19.4 Å². The van der Waals surface area contributed by atoms with Gasteiger partial charge in [-0.1, -0.05) is 24.3 Å². The summed E-state index contributed by atoms with van der Waals surface area (Å²) in [4.78, 5) is 30.8. The van der Waals surface area contributed by atoms with Gasteiger partial charge in [0, 0.05) is 19.5 Å². The highest BCUT2D eigenvalue weighted by Crippen LogP contribution is 2.27. The van der Waals surface area contributed by atoms with Crippen LogP contribution in [-0.4, -0.2) is 91.3 Å². The van der Waals surface area contributed by atoms with Crippen molar-refractivity contribution in [3.05, 3.63) is 35.4 Å². The fraction of sp³-hybridized carbons (Fsp3) is 0.591. The van der Waals surface area contributed by atoms with Crippen LogP contribution in [0, 0.1) is 0 Å². The lowest BCUT2D eigenvalue weighted by molar-refractivity contribution is -0.150. The van der Waals surface area contributed by atoms with Gasteiger partial charge in [0.15, 0.2) is 6.10 Å². The maximum Gasteiger partial charge on any atom is 0.329 e. The van der Waals surface area contributed by atoms with Crippen molar-refractivity contribution in [3.8, 4) is 0 Å². The molecule has 174 valence electrons. The molecule has 3 aliphatic heterocycles. The van der Waals surface area contributed by atoms with Crippen molar-refractivity contribution in [3.63, 3.8) is 0 Å². The van der Waals surface area contributed by atoms with E-state index < -0.39 is 12.1 Å². The Morgan fingerprint density at radius 1 is 1.16 bits per heavy atom. The molecule has 0 bridgehead atoms. The number of amides is 1. The standard InChI is InChI=1S/C22H30N4O6/c27-21(28)15-31-18-5-7-25(8-6-18)22(29)20-13-19(24-32-20)17-3-1-16(2-4-17)14-23-26-9-11-30-12-10-26/h1-4,14,18-20,24H,5-13,15H2,(H,27,28). The molecule has 3 saturated heterocycles. The SMILES string of the molecule is O=C(O)COC1CCN(C(=O)C2CC(c3ccc(C=NN4CCOCC4)cc3)NO2)CC1. The lowest BCUT2D eigenvalue weighted by Gasteiger charge is -2.32. The van der Waals surface area contributed by atoms with Gasteiger partial charge in [-0.05, 0) is 24.0 Å². The van der Waals surface area contributed by atoms with Crippen LogP contribution in [-0.2, 0) is 23.9 Å². The minimum Gasteiger partial charge on any atom is -0.480 e. The third-order valence-corrected chi connectivity index (χ3v) is 5.97. The molecule has 3 fully saturated rings. The summed E-state index contributed by atoms with van der Waals surface area (Å²) < 4.78 is 10.7. The van der Waals surface area contributed by atoms with Crippen LogP contribution in [0.3, 0.4) is 0 Å². The van der Waals surface area contributed by atoms with Crippen molar-refractivity contribution in [2.24, 2.45) is 5.10 Å². The Balaban J connectivity index is 1.24. The zero-order valence-electron chi connectivity index (χ0n) is 18.0. The Hall–Kier alpha value is -2.53. The molecule has 32 heavy (non-hydrogen) atoms. The van der Waals surface area contributed by atoms with E-state index in [1.807, 2.05) is 35.5 Å². The molecule has 2 atom stereocenters. The lowest BCUT2D eigenvalue weighted by atomic mass is 10.00. The van der Waals surface area contributed by atoms with Crippen LogP contribution in [0.4, 0.5) is 0 Å². The molecule has 1 amide bonds. The largest absolute Gasteiger partial charge is 0.480 e. The number of hydrogen-bond donors (Lipinski definition) is 2. The molecular formula is C22H30N4O6. The number of carbonyl (C=O) groups excluding carboxylic acids is 1. The summed E-state index contributed by atoms with van der Waals surface area (Å²) >= 11 is 0. The molecular weight excluding hydrogens is 416 g/mol. The highest BCUT2D eigenvalue weighted by molar-refractivity contribution is 5.81. The molecule has 10 nitrogen and oxygen atoms in total. The first-order chi connectivity index (χ1) is 15.6. The third kappa shape index (κ3) is 6.04. The number of aliphatic carboxylic acids is 1. The van der Waals surface area contributed by atoms with Gasteiger partial charge in [-0.3, -0.25) is 14.6 Å². The second kappa shape index (κ2) is 10.9. The minimum absolute atomic E-state index is 0.0362. The number of hydrazone groups is 1. The van der Waals surface area contributed by atoms with E-state index in [1.165, 1.54) is 0 Å². The van der Waals surface area contributed by atoms with E-state index in [0.717, 1.165) is 24.2 Å². The fourth-order valence-corrected chi connectivity index (χ4v) is 4.10. The number of nitrogens with one attached hydrogen (secondary N) is 1. The zero-order valence-corrected chi connectivity index (χ0v) is 18.0. The number of benzene rings is 1. The molecule has 0 saturated carbocycles. The number of hydroxylamine groups is 1. The van der Waals surface area contributed by atoms with Crippen molar-refractivity contribution in [2.45, 2.75) is 37.5 Å². The van der Waals surface area contributed by atoms with Gasteiger partial charge in [-0.2, -0.15) is 10.6 Å². The van der Waals surface area contributed by atoms with E-state index in [-0.39, 0.29) is 24.7 Å². The summed E-state index contributed by atoms with van der Waals surface area (Å²) in [6.45, 7) is 3.82. The molecule has 0 aromatic heterocycles. The van der Waals surface area contributed by atoms with Crippen LogP contribution < -0.4 is 5.48 Å². The van der Waals surface area contributed by atoms with Crippen molar-refractivity contribution in [1.82, 2.24) is 15.4 Å². The normalized spacial score (nSPS) is 24.9. The summed E-state index contributed by atoms with van der Waals surface area (Å²) in [7, 11) is 0. The number of carboxylic acids is 1. The van der Waals surface area contributed by atoms with Crippen LogP contribution in [0.15, 0.2) is 29.4 Å². The monoisotopic (exact) mass is 446 g/mol. The summed E-state index contributed by atoms with van der Waals surface area (Å²) in [6, 6.07) is 8.03. The molecule has 1 aromatic rings. The number of likely N-dealkylation sites (tertiary alicyclic amines) is 1. The average molecular weight is 447 g/mol. The summed E-state index contributed by atoms with van der Waals surface area (Å²) in [5.41, 5.74) is 5.07. The van der Waals surface area contributed by atoms with Crippen LogP contribution in [0.25, 0.3) is 0 Å². The number of piperidine rings is 1. The van der Waals surface area contributed by atoms with E-state index in [1.54, 1.807) is 4.90 Å².